The van der Waals surface area contributed by atoms with Gasteiger partial charge < -0.3 is 14.2 Å². The van der Waals surface area contributed by atoms with Crippen molar-refractivity contribution >= 4 is 11.9 Å². The summed E-state index contributed by atoms with van der Waals surface area (Å²) >= 11 is 0. The summed E-state index contributed by atoms with van der Waals surface area (Å²) in [7, 11) is 0. The van der Waals surface area contributed by atoms with Gasteiger partial charge in [0.05, 0.1) is 19.8 Å². The molecule has 0 heterocycles. The van der Waals surface area contributed by atoms with E-state index in [-0.39, 0.29) is 32.7 Å². The molecule has 0 radical (unpaired) electrons. The molecular formula is C19H26O5. The Morgan fingerprint density at radius 2 is 1.67 bits per heavy atom. The van der Waals surface area contributed by atoms with Crippen LogP contribution in [0, 0.1) is 5.41 Å². The van der Waals surface area contributed by atoms with Gasteiger partial charge in [0.15, 0.2) is 5.41 Å². The largest absolute Gasteiger partial charge is 0.465 e. The first-order valence-corrected chi connectivity index (χ1v) is 8.17. The fourth-order valence-electron chi connectivity index (χ4n) is 2.35. The monoisotopic (exact) mass is 334 g/mol. The number of hydrogen-bond acceptors (Lipinski definition) is 5. The van der Waals surface area contributed by atoms with Crippen LogP contribution in [0.4, 0.5) is 0 Å². The van der Waals surface area contributed by atoms with E-state index in [2.05, 4.69) is 6.58 Å². The Kier molecular flexibility index (Phi) is 8.79. The van der Waals surface area contributed by atoms with Crippen molar-refractivity contribution in [3.63, 3.8) is 0 Å². The molecule has 24 heavy (non-hydrogen) atoms. The van der Waals surface area contributed by atoms with E-state index in [4.69, 9.17) is 14.2 Å². The summed E-state index contributed by atoms with van der Waals surface area (Å²) in [5.74, 6) is -1.18. The number of carbonyl (C=O) groups excluding carboxylic acids is 2. The molecule has 0 atom stereocenters. The Morgan fingerprint density at radius 3 is 2.17 bits per heavy atom. The van der Waals surface area contributed by atoms with Crippen molar-refractivity contribution < 1.29 is 23.8 Å². The van der Waals surface area contributed by atoms with Crippen molar-refractivity contribution in [2.75, 3.05) is 19.8 Å². The molecule has 5 heteroatoms. The van der Waals surface area contributed by atoms with Gasteiger partial charge in [-0.3, -0.25) is 9.59 Å². The fourth-order valence-corrected chi connectivity index (χ4v) is 2.35. The summed E-state index contributed by atoms with van der Waals surface area (Å²) in [5.41, 5.74) is -0.371. The Labute approximate surface area is 143 Å². The fraction of sp³-hybridized carbons (Fsp3) is 0.474. The highest BCUT2D eigenvalue weighted by Gasteiger charge is 2.47. The minimum Gasteiger partial charge on any atom is -0.465 e. The van der Waals surface area contributed by atoms with Gasteiger partial charge in [0.25, 0.3) is 0 Å². The topological polar surface area (TPSA) is 61.8 Å². The molecule has 0 amide bonds. The molecule has 0 bridgehead atoms. The predicted octanol–water partition coefficient (Wildman–Crippen LogP) is 3.28. The SMILES string of the molecule is C=CCC(CCOCc1ccccc1)(C(=O)OCC)C(=O)OCC. The first-order chi connectivity index (χ1) is 11.6. The quantitative estimate of drug-likeness (QED) is 0.269. The molecule has 0 fully saturated rings. The van der Waals surface area contributed by atoms with Gasteiger partial charge in [-0.2, -0.15) is 0 Å². The first-order valence-electron chi connectivity index (χ1n) is 8.17. The third-order valence-electron chi connectivity index (χ3n) is 3.61. The summed E-state index contributed by atoms with van der Waals surface area (Å²) in [6.45, 7) is 8.10. The van der Waals surface area contributed by atoms with Gasteiger partial charge in [0.2, 0.25) is 0 Å². The zero-order valence-corrected chi connectivity index (χ0v) is 14.5. The van der Waals surface area contributed by atoms with E-state index in [1.54, 1.807) is 13.8 Å². The maximum Gasteiger partial charge on any atom is 0.323 e. The Hall–Kier alpha value is -2.14. The van der Waals surface area contributed by atoms with Gasteiger partial charge in [0, 0.05) is 6.61 Å². The standard InChI is InChI=1S/C19H26O5/c1-4-12-19(17(20)23-5-2,18(21)24-6-3)13-14-22-15-16-10-8-7-9-11-16/h4,7-11H,1,5-6,12-15H2,2-3H3. The molecule has 0 aliphatic heterocycles. The lowest BCUT2D eigenvalue weighted by atomic mass is 9.81. The van der Waals surface area contributed by atoms with E-state index in [1.165, 1.54) is 6.08 Å². The minimum absolute atomic E-state index is 0.152. The predicted molar refractivity (Wildman–Crippen MR) is 91.2 cm³/mol. The first kappa shape index (κ1) is 19.9. The molecule has 0 unspecified atom stereocenters. The lowest BCUT2D eigenvalue weighted by Gasteiger charge is -2.28. The highest BCUT2D eigenvalue weighted by atomic mass is 16.6. The zero-order valence-electron chi connectivity index (χ0n) is 14.5. The second-order valence-electron chi connectivity index (χ2n) is 5.30. The van der Waals surface area contributed by atoms with E-state index in [0.717, 1.165) is 5.56 Å². The van der Waals surface area contributed by atoms with Gasteiger partial charge in [-0.25, -0.2) is 0 Å². The van der Waals surface area contributed by atoms with Gasteiger partial charge in [-0.05, 0) is 32.3 Å². The molecule has 0 spiro atoms. The van der Waals surface area contributed by atoms with Crippen molar-refractivity contribution in [1.29, 1.82) is 0 Å². The van der Waals surface area contributed by atoms with Crippen molar-refractivity contribution in [3.8, 4) is 0 Å². The van der Waals surface area contributed by atoms with E-state index >= 15 is 0 Å². The zero-order chi connectivity index (χ0) is 17.8. The van der Waals surface area contributed by atoms with Crippen LogP contribution in [0.1, 0.15) is 32.3 Å². The molecule has 0 aromatic heterocycles. The smallest absolute Gasteiger partial charge is 0.323 e. The van der Waals surface area contributed by atoms with Crippen molar-refractivity contribution in [2.24, 2.45) is 5.41 Å². The maximum absolute atomic E-state index is 12.4. The van der Waals surface area contributed by atoms with Crippen LogP contribution in [0.3, 0.4) is 0 Å². The highest BCUT2D eigenvalue weighted by molar-refractivity contribution is 6.00. The number of benzene rings is 1. The van der Waals surface area contributed by atoms with Crippen LogP contribution in [-0.2, 0) is 30.4 Å². The molecule has 0 N–H and O–H groups in total. The normalized spacial score (nSPS) is 10.9. The molecule has 5 nitrogen and oxygen atoms in total. The third-order valence-corrected chi connectivity index (χ3v) is 3.61. The molecule has 1 rings (SSSR count). The Bertz CT molecular complexity index is 506. The van der Waals surface area contributed by atoms with Crippen LogP contribution >= 0.6 is 0 Å². The molecule has 0 aliphatic carbocycles. The average molecular weight is 334 g/mol. The summed E-state index contributed by atoms with van der Waals surface area (Å²) < 4.78 is 15.8. The molecule has 0 aliphatic rings. The molecule has 132 valence electrons. The lowest BCUT2D eigenvalue weighted by molar-refractivity contribution is -0.173. The van der Waals surface area contributed by atoms with E-state index in [0.29, 0.717) is 6.61 Å². The van der Waals surface area contributed by atoms with E-state index in [9.17, 15) is 9.59 Å². The van der Waals surface area contributed by atoms with Crippen LogP contribution in [0.25, 0.3) is 0 Å². The number of hydrogen-bond donors (Lipinski definition) is 0. The van der Waals surface area contributed by atoms with E-state index in [1.807, 2.05) is 30.3 Å². The summed E-state index contributed by atoms with van der Waals surface area (Å²) in [4.78, 5) is 24.8. The molecular weight excluding hydrogens is 308 g/mol. The number of ether oxygens (including phenoxy) is 3. The maximum atomic E-state index is 12.4. The summed E-state index contributed by atoms with van der Waals surface area (Å²) in [5, 5.41) is 0. The Balaban J connectivity index is 2.77. The summed E-state index contributed by atoms with van der Waals surface area (Å²) in [6, 6.07) is 9.69. The highest BCUT2D eigenvalue weighted by Crippen LogP contribution is 2.31. The van der Waals surface area contributed by atoms with Crippen LogP contribution in [0.2, 0.25) is 0 Å². The van der Waals surface area contributed by atoms with Crippen LogP contribution in [0.5, 0.6) is 0 Å². The minimum atomic E-state index is -1.40. The van der Waals surface area contributed by atoms with E-state index < -0.39 is 17.4 Å². The molecule has 1 aromatic carbocycles. The van der Waals surface area contributed by atoms with Crippen LogP contribution in [-0.4, -0.2) is 31.8 Å². The second-order valence-corrected chi connectivity index (χ2v) is 5.30. The van der Waals surface area contributed by atoms with Gasteiger partial charge in [-0.1, -0.05) is 36.4 Å². The molecule has 1 aromatic rings. The lowest BCUT2D eigenvalue weighted by Crippen LogP contribution is -2.42. The number of esters is 2. The van der Waals surface area contributed by atoms with Crippen LogP contribution in [0.15, 0.2) is 43.0 Å². The number of allylic oxidation sites excluding steroid dienone is 1. The average Bonchev–Trinajstić information content (AvgIpc) is 2.59. The number of rotatable bonds is 11. The van der Waals surface area contributed by atoms with Crippen molar-refractivity contribution in [1.82, 2.24) is 0 Å². The van der Waals surface area contributed by atoms with Crippen LogP contribution < -0.4 is 0 Å². The molecule has 0 saturated heterocycles. The number of carbonyl (C=O) groups is 2. The van der Waals surface area contributed by atoms with Gasteiger partial charge >= 0.3 is 11.9 Å². The van der Waals surface area contributed by atoms with Crippen molar-refractivity contribution in [2.45, 2.75) is 33.3 Å². The second kappa shape index (κ2) is 10.6. The summed E-state index contributed by atoms with van der Waals surface area (Å²) in [6.07, 6.45) is 1.87. The Morgan fingerprint density at radius 1 is 1.08 bits per heavy atom. The molecule has 0 saturated carbocycles. The van der Waals surface area contributed by atoms with Crippen molar-refractivity contribution in [3.05, 3.63) is 48.6 Å². The van der Waals surface area contributed by atoms with Gasteiger partial charge in [0.1, 0.15) is 0 Å². The third kappa shape index (κ3) is 5.49. The van der Waals surface area contributed by atoms with Gasteiger partial charge in [-0.15, -0.1) is 6.58 Å².